The monoisotopic (exact) mass is 322 g/mol. The molecule has 1 heterocycles. The van der Waals surface area contributed by atoms with Crippen LogP contribution in [0.5, 0.6) is 0 Å². The zero-order valence-electron chi connectivity index (χ0n) is 12.2. The van der Waals surface area contributed by atoms with Gasteiger partial charge in [-0.1, -0.05) is 19.1 Å². The van der Waals surface area contributed by atoms with Crippen LogP contribution in [0.3, 0.4) is 0 Å². The number of rotatable bonds is 6. The van der Waals surface area contributed by atoms with Crippen molar-refractivity contribution < 1.29 is 19.5 Å². The molecule has 1 aromatic carbocycles. The van der Waals surface area contributed by atoms with E-state index in [1.165, 1.54) is 4.90 Å². The number of benzene rings is 1. The highest BCUT2D eigenvalue weighted by atomic mass is 32.2. The van der Waals surface area contributed by atoms with Crippen LogP contribution in [0.1, 0.15) is 18.9 Å². The van der Waals surface area contributed by atoms with Gasteiger partial charge in [-0.2, -0.15) is 0 Å². The second-order valence-electron chi connectivity index (χ2n) is 5.06. The Bertz CT molecular complexity index is 588. The maximum Gasteiger partial charge on any atom is 0.321 e. The summed E-state index contributed by atoms with van der Waals surface area (Å²) in [6, 6.07) is 6.24. The minimum Gasteiger partial charge on any atom is -0.480 e. The number of hydrogen-bond donors (Lipinski definition) is 2. The van der Waals surface area contributed by atoms with Gasteiger partial charge in [-0.15, -0.1) is 11.8 Å². The lowest BCUT2D eigenvalue weighted by molar-refractivity contribution is -0.138. The predicted octanol–water partition coefficient (Wildman–Crippen LogP) is 1.03. The van der Waals surface area contributed by atoms with Gasteiger partial charge in [0.25, 0.3) is 0 Å². The first-order valence-electron chi connectivity index (χ1n) is 6.99. The largest absolute Gasteiger partial charge is 0.480 e. The van der Waals surface area contributed by atoms with Crippen molar-refractivity contribution in [3.8, 4) is 0 Å². The molecule has 7 heteroatoms. The van der Waals surface area contributed by atoms with Crippen molar-refractivity contribution in [1.82, 2.24) is 0 Å². The SMILES string of the molecule is CCc1ccc(N2C(=O)C[C@@H](SC[C@@H](N)C(=O)O)C2=O)cc1. The molecule has 0 unspecified atom stereocenters. The summed E-state index contributed by atoms with van der Waals surface area (Å²) in [5.74, 6) is -1.59. The topological polar surface area (TPSA) is 101 Å². The molecule has 0 saturated carbocycles. The van der Waals surface area contributed by atoms with Crippen molar-refractivity contribution in [2.45, 2.75) is 31.1 Å². The van der Waals surface area contributed by atoms with Gasteiger partial charge >= 0.3 is 5.97 Å². The van der Waals surface area contributed by atoms with E-state index in [9.17, 15) is 14.4 Å². The van der Waals surface area contributed by atoms with Crippen molar-refractivity contribution >= 4 is 35.2 Å². The minimum absolute atomic E-state index is 0.0748. The van der Waals surface area contributed by atoms with Crippen LogP contribution in [-0.2, 0) is 20.8 Å². The van der Waals surface area contributed by atoms with Crippen LogP contribution in [0, 0.1) is 0 Å². The van der Waals surface area contributed by atoms with Gasteiger partial charge in [0, 0.05) is 12.2 Å². The number of carboxylic acids is 1. The Hall–Kier alpha value is -1.86. The standard InChI is InChI=1S/C15H18N2O4S/c1-2-9-3-5-10(6-4-9)17-13(18)7-12(14(17)19)22-8-11(16)15(20)21/h3-6,11-12H,2,7-8,16H2,1H3,(H,20,21)/t11-,12-/m1/s1. The Labute approximate surface area is 132 Å². The highest BCUT2D eigenvalue weighted by Gasteiger charge is 2.40. The van der Waals surface area contributed by atoms with E-state index in [0.717, 1.165) is 23.7 Å². The van der Waals surface area contributed by atoms with Crippen molar-refractivity contribution in [1.29, 1.82) is 0 Å². The van der Waals surface area contributed by atoms with Gasteiger partial charge < -0.3 is 10.8 Å². The highest BCUT2D eigenvalue weighted by molar-refractivity contribution is 8.00. The number of hydrogen-bond acceptors (Lipinski definition) is 5. The predicted molar refractivity (Wildman–Crippen MR) is 84.8 cm³/mol. The fourth-order valence-electron chi connectivity index (χ4n) is 2.18. The maximum absolute atomic E-state index is 12.3. The van der Waals surface area contributed by atoms with Gasteiger partial charge in [0.05, 0.1) is 10.9 Å². The average molecular weight is 322 g/mol. The third-order valence-corrected chi connectivity index (χ3v) is 4.82. The lowest BCUT2D eigenvalue weighted by atomic mass is 10.1. The van der Waals surface area contributed by atoms with E-state index in [1.54, 1.807) is 12.1 Å². The van der Waals surface area contributed by atoms with Gasteiger partial charge in [-0.25, -0.2) is 4.90 Å². The Morgan fingerprint density at radius 1 is 1.41 bits per heavy atom. The Kier molecular flexibility index (Phi) is 5.20. The summed E-state index contributed by atoms with van der Waals surface area (Å²) in [4.78, 5) is 36.3. The van der Waals surface area contributed by atoms with E-state index in [1.807, 2.05) is 19.1 Å². The van der Waals surface area contributed by atoms with Gasteiger partial charge in [0.15, 0.2) is 0 Å². The fraction of sp³-hybridized carbons (Fsp3) is 0.400. The number of aliphatic carboxylic acids is 1. The molecule has 2 rings (SSSR count). The van der Waals surface area contributed by atoms with Crippen molar-refractivity contribution in [2.75, 3.05) is 10.7 Å². The van der Waals surface area contributed by atoms with E-state index >= 15 is 0 Å². The normalized spacial score (nSPS) is 19.5. The Morgan fingerprint density at radius 2 is 2.05 bits per heavy atom. The number of carbonyl (C=O) groups is 3. The van der Waals surface area contributed by atoms with Crippen LogP contribution in [-0.4, -0.2) is 39.9 Å². The molecule has 0 spiro atoms. The molecule has 0 radical (unpaired) electrons. The molecule has 0 aromatic heterocycles. The summed E-state index contributed by atoms with van der Waals surface area (Å²) in [5.41, 5.74) is 7.10. The molecule has 2 atom stereocenters. The fourth-order valence-corrected chi connectivity index (χ4v) is 3.27. The first kappa shape index (κ1) is 16.5. The third-order valence-electron chi connectivity index (χ3n) is 3.50. The Morgan fingerprint density at radius 3 is 2.59 bits per heavy atom. The second kappa shape index (κ2) is 6.93. The number of amides is 2. The number of anilines is 1. The van der Waals surface area contributed by atoms with Gasteiger partial charge in [0.2, 0.25) is 11.8 Å². The van der Waals surface area contributed by atoms with E-state index < -0.39 is 17.3 Å². The van der Waals surface area contributed by atoms with Crippen molar-refractivity contribution in [2.24, 2.45) is 5.73 Å². The zero-order valence-corrected chi connectivity index (χ0v) is 13.0. The first-order chi connectivity index (χ1) is 10.4. The zero-order chi connectivity index (χ0) is 16.3. The maximum atomic E-state index is 12.3. The Balaban J connectivity index is 2.06. The molecule has 3 N–H and O–H groups in total. The van der Waals surface area contributed by atoms with Crippen molar-refractivity contribution in [3.63, 3.8) is 0 Å². The van der Waals surface area contributed by atoms with Crippen LogP contribution in [0.2, 0.25) is 0 Å². The van der Waals surface area contributed by atoms with E-state index in [2.05, 4.69) is 0 Å². The summed E-state index contributed by atoms with van der Waals surface area (Å²) in [7, 11) is 0. The molecule has 0 bridgehead atoms. The number of aryl methyl sites for hydroxylation is 1. The minimum atomic E-state index is -1.11. The summed E-state index contributed by atoms with van der Waals surface area (Å²) >= 11 is 1.12. The second-order valence-corrected chi connectivity index (χ2v) is 6.29. The summed E-state index contributed by atoms with van der Waals surface area (Å²) in [5, 5.41) is 8.19. The molecule has 118 valence electrons. The van der Waals surface area contributed by atoms with Crippen LogP contribution in [0.4, 0.5) is 5.69 Å². The number of nitrogens with zero attached hydrogens (tertiary/aromatic N) is 1. The summed E-state index contributed by atoms with van der Waals surface area (Å²) < 4.78 is 0. The average Bonchev–Trinajstić information content (AvgIpc) is 2.79. The number of nitrogens with two attached hydrogens (primary N) is 1. The summed E-state index contributed by atoms with van der Waals surface area (Å²) in [6.45, 7) is 2.03. The van der Waals surface area contributed by atoms with Gasteiger partial charge in [-0.05, 0) is 24.1 Å². The number of imide groups is 1. The number of carbonyl (C=O) groups excluding carboxylic acids is 2. The molecule has 1 fully saturated rings. The van der Waals surface area contributed by atoms with Gasteiger partial charge in [0.1, 0.15) is 6.04 Å². The van der Waals surface area contributed by atoms with E-state index in [-0.39, 0.29) is 24.0 Å². The summed E-state index contributed by atoms with van der Waals surface area (Å²) in [6.07, 6.45) is 0.957. The quantitative estimate of drug-likeness (QED) is 0.759. The molecule has 0 aliphatic carbocycles. The van der Waals surface area contributed by atoms with Crippen LogP contribution in [0.25, 0.3) is 0 Å². The van der Waals surface area contributed by atoms with E-state index in [4.69, 9.17) is 10.8 Å². The molecule has 1 saturated heterocycles. The van der Waals surface area contributed by atoms with Crippen LogP contribution >= 0.6 is 11.8 Å². The molecule has 1 aliphatic rings. The van der Waals surface area contributed by atoms with Gasteiger partial charge in [-0.3, -0.25) is 14.4 Å². The van der Waals surface area contributed by atoms with E-state index in [0.29, 0.717) is 5.69 Å². The first-order valence-corrected chi connectivity index (χ1v) is 8.04. The number of carboxylic acid groups (broad SMARTS) is 1. The molecule has 22 heavy (non-hydrogen) atoms. The lowest BCUT2D eigenvalue weighted by Gasteiger charge is -2.15. The number of thioether (sulfide) groups is 1. The van der Waals surface area contributed by atoms with Crippen LogP contribution in [0.15, 0.2) is 24.3 Å². The molecule has 2 amide bonds. The lowest BCUT2D eigenvalue weighted by Crippen LogP contribution is -2.35. The molecular weight excluding hydrogens is 304 g/mol. The molecule has 6 nitrogen and oxygen atoms in total. The molecular formula is C15H18N2O4S. The molecule has 1 aromatic rings. The molecule has 1 aliphatic heterocycles. The van der Waals surface area contributed by atoms with Crippen LogP contribution < -0.4 is 10.6 Å². The highest BCUT2D eigenvalue weighted by Crippen LogP contribution is 2.30. The third kappa shape index (κ3) is 3.48. The van der Waals surface area contributed by atoms with Crippen molar-refractivity contribution in [3.05, 3.63) is 29.8 Å². The smallest absolute Gasteiger partial charge is 0.321 e.